The summed E-state index contributed by atoms with van der Waals surface area (Å²) in [5, 5.41) is 3.06. The van der Waals surface area contributed by atoms with E-state index in [0.29, 0.717) is 12.3 Å². The van der Waals surface area contributed by atoms with Gasteiger partial charge in [0.25, 0.3) is 10.0 Å². The van der Waals surface area contributed by atoms with E-state index in [4.69, 9.17) is 16.3 Å². The molecule has 0 aliphatic carbocycles. The van der Waals surface area contributed by atoms with Crippen molar-refractivity contribution in [3.63, 3.8) is 0 Å². The predicted octanol–water partition coefficient (Wildman–Crippen LogP) is 5.94. The minimum Gasteiger partial charge on any atom is -0.495 e. The third kappa shape index (κ3) is 8.44. The lowest BCUT2D eigenvalue weighted by molar-refractivity contribution is -0.140. The summed E-state index contributed by atoms with van der Waals surface area (Å²) in [5.74, 6) is -0.520. The second-order valence-electron chi connectivity index (χ2n) is 10.8. The highest BCUT2D eigenvalue weighted by molar-refractivity contribution is 7.92. The van der Waals surface area contributed by atoms with Crippen LogP contribution >= 0.6 is 11.6 Å². The molecule has 0 bridgehead atoms. The Balaban J connectivity index is 1.82. The van der Waals surface area contributed by atoms with E-state index in [-0.39, 0.29) is 34.5 Å². The van der Waals surface area contributed by atoms with Crippen LogP contribution in [0.5, 0.6) is 5.75 Å². The molecule has 4 rings (SSSR count). The van der Waals surface area contributed by atoms with E-state index in [1.165, 1.54) is 30.2 Å². The van der Waals surface area contributed by atoms with Gasteiger partial charge in [-0.15, -0.1) is 0 Å². The fourth-order valence-electron chi connectivity index (χ4n) is 5.03. The van der Waals surface area contributed by atoms with E-state index >= 15 is 0 Å². The summed E-state index contributed by atoms with van der Waals surface area (Å²) in [6.07, 6.45) is 0.239. The third-order valence-electron chi connectivity index (χ3n) is 7.37. The number of amides is 2. The molecule has 45 heavy (non-hydrogen) atoms. The maximum atomic E-state index is 14.5. The lowest BCUT2D eigenvalue weighted by Crippen LogP contribution is -2.53. The second-order valence-corrected chi connectivity index (χ2v) is 13.0. The average molecular weight is 648 g/mol. The predicted molar refractivity (Wildman–Crippen MR) is 178 cm³/mol. The van der Waals surface area contributed by atoms with Crippen LogP contribution in [0.4, 0.5) is 5.69 Å². The Morgan fingerprint density at radius 3 is 2.18 bits per heavy atom. The van der Waals surface area contributed by atoms with Gasteiger partial charge in [0.1, 0.15) is 18.3 Å². The molecule has 1 atom stereocenters. The van der Waals surface area contributed by atoms with E-state index < -0.39 is 28.5 Å². The number of ether oxygens (including phenoxy) is 1. The smallest absolute Gasteiger partial charge is 0.264 e. The van der Waals surface area contributed by atoms with Crippen LogP contribution in [0.25, 0.3) is 0 Å². The van der Waals surface area contributed by atoms with Crippen molar-refractivity contribution in [3.05, 3.63) is 124 Å². The fourth-order valence-corrected chi connectivity index (χ4v) is 6.69. The number of sulfonamides is 1. The summed E-state index contributed by atoms with van der Waals surface area (Å²) in [7, 11) is -2.78. The minimum absolute atomic E-state index is 0.0163. The monoisotopic (exact) mass is 647 g/mol. The quantitative estimate of drug-likeness (QED) is 0.194. The number of anilines is 1. The lowest BCUT2D eigenvalue weighted by atomic mass is 10.0. The number of rotatable bonds is 13. The van der Waals surface area contributed by atoms with Crippen LogP contribution in [0.3, 0.4) is 0 Å². The van der Waals surface area contributed by atoms with E-state index in [2.05, 4.69) is 5.32 Å². The van der Waals surface area contributed by atoms with Crippen LogP contribution in [0.2, 0.25) is 5.02 Å². The van der Waals surface area contributed by atoms with Crippen LogP contribution in [0, 0.1) is 13.8 Å². The summed E-state index contributed by atoms with van der Waals surface area (Å²) in [6.45, 7) is 5.51. The van der Waals surface area contributed by atoms with Crippen LogP contribution in [0.15, 0.2) is 102 Å². The largest absolute Gasteiger partial charge is 0.495 e. The molecule has 4 aromatic carbocycles. The number of carbonyl (C=O) groups is 2. The van der Waals surface area contributed by atoms with Gasteiger partial charge in [0.05, 0.1) is 22.7 Å². The van der Waals surface area contributed by atoms with Crippen molar-refractivity contribution in [2.75, 3.05) is 24.5 Å². The van der Waals surface area contributed by atoms with Crippen LogP contribution in [0.1, 0.15) is 29.2 Å². The van der Waals surface area contributed by atoms with Crippen molar-refractivity contribution in [2.45, 2.75) is 44.7 Å². The first kappa shape index (κ1) is 33.6. The molecule has 0 saturated heterocycles. The molecule has 0 radical (unpaired) electrons. The third-order valence-corrected chi connectivity index (χ3v) is 9.45. The first-order valence-electron chi connectivity index (χ1n) is 14.6. The Labute approximate surface area is 270 Å². The highest BCUT2D eigenvalue weighted by atomic mass is 35.5. The van der Waals surface area contributed by atoms with Crippen molar-refractivity contribution in [2.24, 2.45) is 0 Å². The van der Waals surface area contributed by atoms with Crippen LogP contribution in [-0.2, 0) is 32.6 Å². The van der Waals surface area contributed by atoms with Crippen molar-refractivity contribution >= 4 is 39.1 Å². The first-order valence-corrected chi connectivity index (χ1v) is 16.4. The number of nitrogens with one attached hydrogen (secondary N) is 1. The average Bonchev–Trinajstić information content (AvgIpc) is 3.02. The lowest BCUT2D eigenvalue weighted by Gasteiger charge is -2.34. The maximum absolute atomic E-state index is 14.5. The van der Waals surface area contributed by atoms with Gasteiger partial charge in [-0.1, -0.05) is 89.5 Å². The molecule has 0 heterocycles. The van der Waals surface area contributed by atoms with Gasteiger partial charge in [-0.25, -0.2) is 8.42 Å². The van der Waals surface area contributed by atoms with E-state index in [1.54, 1.807) is 24.3 Å². The number of halogens is 1. The number of methoxy groups -OCH3 is 1. The standard InChI is InChI=1S/C35H38ClN3O5S/c1-5-37-35(41)32(21-27-11-7-6-8-12-27)38(23-28-13-9-10-26(3)20-28)34(40)24-39(29-16-19-33(44-4)31(36)22-29)45(42,43)30-17-14-25(2)15-18-30/h6-20,22,32H,5,21,23-24H2,1-4H3,(H,37,41)/t32-/m1/s1. The molecule has 0 saturated carbocycles. The highest BCUT2D eigenvalue weighted by Crippen LogP contribution is 2.32. The Kier molecular flexibility index (Phi) is 11.3. The van der Waals surface area contributed by atoms with E-state index in [1.807, 2.05) is 75.4 Å². The number of nitrogens with zero attached hydrogens (tertiary/aromatic N) is 2. The molecule has 4 aromatic rings. The van der Waals surface area contributed by atoms with Crippen LogP contribution in [-0.4, -0.2) is 51.4 Å². The minimum atomic E-state index is -4.24. The molecular formula is C35H38ClN3O5S. The summed E-state index contributed by atoms with van der Waals surface area (Å²) in [5.41, 5.74) is 3.74. The van der Waals surface area contributed by atoms with E-state index in [9.17, 15) is 18.0 Å². The van der Waals surface area contributed by atoms with Crippen molar-refractivity contribution in [1.29, 1.82) is 0 Å². The van der Waals surface area contributed by atoms with Gasteiger partial charge in [0.15, 0.2) is 0 Å². The number of likely N-dealkylation sites (N-methyl/N-ethyl adjacent to an activating group) is 1. The van der Waals surface area contributed by atoms with Gasteiger partial charge in [-0.3, -0.25) is 13.9 Å². The number of carbonyl (C=O) groups excluding carboxylic acids is 2. The molecule has 0 aromatic heterocycles. The summed E-state index contributed by atoms with van der Waals surface area (Å²) >= 11 is 6.43. The number of hydrogen-bond acceptors (Lipinski definition) is 5. The molecule has 2 amide bonds. The van der Waals surface area contributed by atoms with Gasteiger partial charge in [0.2, 0.25) is 11.8 Å². The summed E-state index contributed by atoms with van der Waals surface area (Å²) in [4.78, 5) is 29.6. The zero-order chi connectivity index (χ0) is 32.6. The van der Waals surface area contributed by atoms with Gasteiger partial charge in [-0.05, 0) is 62.2 Å². The van der Waals surface area contributed by atoms with E-state index in [0.717, 1.165) is 26.6 Å². The van der Waals surface area contributed by atoms with Crippen molar-refractivity contribution < 1.29 is 22.7 Å². The molecule has 0 spiro atoms. The Hall–Kier alpha value is -4.34. The van der Waals surface area contributed by atoms with Crippen molar-refractivity contribution in [1.82, 2.24) is 10.2 Å². The maximum Gasteiger partial charge on any atom is 0.264 e. The number of aryl methyl sites for hydroxylation is 2. The highest BCUT2D eigenvalue weighted by Gasteiger charge is 2.34. The molecule has 0 unspecified atom stereocenters. The normalized spacial score (nSPS) is 11.8. The van der Waals surface area contributed by atoms with Gasteiger partial charge in [0, 0.05) is 19.5 Å². The number of benzene rings is 4. The molecule has 0 fully saturated rings. The molecule has 0 aliphatic rings. The molecule has 0 aliphatic heterocycles. The summed E-state index contributed by atoms with van der Waals surface area (Å²) in [6, 6.07) is 27.1. The Morgan fingerprint density at radius 2 is 1.56 bits per heavy atom. The summed E-state index contributed by atoms with van der Waals surface area (Å²) < 4.78 is 34.6. The van der Waals surface area contributed by atoms with Crippen molar-refractivity contribution in [3.8, 4) is 5.75 Å². The van der Waals surface area contributed by atoms with Gasteiger partial charge >= 0.3 is 0 Å². The molecule has 10 heteroatoms. The fraction of sp³-hybridized carbons (Fsp3) is 0.257. The molecular weight excluding hydrogens is 610 g/mol. The number of hydrogen-bond donors (Lipinski definition) is 1. The van der Waals surface area contributed by atoms with Gasteiger partial charge in [-0.2, -0.15) is 0 Å². The molecule has 1 N–H and O–H groups in total. The molecule has 8 nitrogen and oxygen atoms in total. The zero-order valence-electron chi connectivity index (χ0n) is 25.9. The zero-order valence-corrected chi connectivity index (χ0v) is 27.4. The Morgan fingerprint density at radius 1 is 0.867 bits per heavy atom. The Bertz CT molecular complexity index is 1730. The topological polar surface area (TPSA) is 96.0 Å². The first-order chi connectivity index (χ1) is 21.5. The molecule has 236 valence electrons. The second kappa shape index (κ2) is 15.1. The van der Waals surface area contributed by atoms with Crippen LogP contribution < -0.4 is 14.4 Å². The van der Waals surface area contributed by atoms with Gasteiger partial charge < -0.3 is 15.0 Å². The SMILES string of the molecule is CCNC(=O)[C@@H](Cc1ccccc1)N(Cc1cccc(C)c1)C(=O)CN(c1ccc(OC)c(Cl)c1)S(=O)(=O)c1ccc(C)cc1.